The summed E-state index contributed by atoms with van der Waals surface area (Å²) in [4.78, 5) is 0. The molecule has 1 heteroatoms. The summed E-state index contributed by atoms with van der Waals surface area (Å²) in [6.07, 6.45) is 2.43. The second kappa shape index (κ2) is 4.71. The normalized spacial score (nSPS) is 25.5. The van der Waals surface area contributed by atoms with Gasteiger partial charge >= 0.3 is 0 Å². The Kier molecular flexibility index (Phi) is 2.93. The number of fused-ring (bicyclic) bond motifs is 3. The van der Waals surface area contributed by atoms with E-state index in [-0.39, 0.29) is 0 Å². The van der Waals surface area contributed by atoms with Crippen LogP contribution in [0.15, 0.2) is 42.5 Å². The van der Waals surface area contributed by atoms with Gasteiger partial charge in [0.1, 0.15) is 0 Å². The maximum absolute atomic E-state index is 3.50. The average molecular weight is 277 g/mol. The minimum Gasteiger partial charge on any atom is -0.317 e. The lowest BCUT2D eigenvalue weighted by Gasteiger charge is -2.14. The summed E-state index contributed by atoms with van der Waals surface area (Å²) in [5.74, 6) is 0.805. The third-order valence-electron chi connectivity index (χ3n) is 5.51. The predicted molar refractivity (Wildman–Crippen MR) is 88.7 cm³/mol. The van der Waals surface area contributed by atoms with Gasteiger partial charge in [-0.3, -0.25) is 0 Å². The molecule has 0 aliphatic heterocycles. The largest absolute Gasteiger partial charge is 0.317 e. The zero-order chi connectivity index (χ0) is 14.4. The van der Waals surface area contributed by atoms with Crippen molar-refractivity contribution in [3.63, 3.8) is 0 Å². The Labute approximate surface area is 127 Å². The van der Waals surface area contributed by atoms with Crippen LogP contribution in [-0.4, -0.2) is 13.1 Å². The van der Waals surface area contributed by atoms with Crippen LogP contribution in [0.25, 0.3) is 11.1 Å². The van der Waals surface area contributed by atoms with Crippen molar-refractivity contribution in [3.8, 4) is 11.1 Å². The summed E-state index contributed by atoms with van der Waals surface area (Å²) in [6.45, 7) is 6.85. The molecule has 1 nitrogen and oxygen atoms in total. The van der Waals surface area contributed by atoms with Gasteiger partial charge < -0.3 is 5.32 Å². The van der Waals surface area contributed by atoms with Crippen LogP contribution in [0.4, 0.5) is 0 Å². The first-order valence-corrected chi connectivity index (χ1v) is 8.15. The molecule has 2 aliphatic carbocycles. The first-order chi connectivity index (χ1) is 10.2. The molecular weight excluding hydrogens is 254 g/mol. The van der Waals surface area contributed by atoms with E-state index < -0.39 is 0 Å². The highest BCUT2D eigenvalue weighted by Gasteiger charge is 2.50. The molecule has 0 bridgehead atoms. The molecule has 1 fully saturated rings. The van der Waals surface area contributed by atoms with E-state index in [1.165, 1.54) is 34.2 Å². The molecular formula is C20H23N. The third-order valence-corrected chi connectivity index (χ3v) is 5.51. The lowest BCUT2D eigenvalue weighted by atomic mass is 9.92. The molecule has 2 unspecified atom stereocenters. The van der Waals surface area contributed by atoms with Crippen LogP contribution in [0, 0.1) is 5.92 Å². The number of hydrogen-bond donors (Lipinski definition) is 1. The van der Waals surface area contributed by atoms with E-state index in [0.717, 1.165) is 25.4 Å². The van der Waals surface area contributed by atoms with Crippen molar-refractivity contribution in [2.45, 2.75) is 32.1 Å². The van der Waals surface area contributed by atoms with E-state index in [1.54, 1.807) is 0 Å². The lowest BCUT2D eigenvalue weighted by molar-refractivity contribution is 0.591. The first-order valence-electron chi connectivity index (χ1n) is 8.15. The molecule has 1 N–H and O–H groups in total. The van der Waals surface area contributed by atoms with Gasteiger partial charge in [-0.05, 0) is 65.1 Å². The summed E-state index contributed by atoms with van der Waals surface area (Å²) >= 11 is 0. The number of benzene rings is 2. The van der Waals surface area contributed by atoms with E-state index >= 15 is 0 Å². The second-order valence-electron chi connectivity index (χ2n) is 6.83. The highest BCUT2D eigenvalue weighted by atomic mass is 14.9. The van der Waals surface area contributed by atoms with E-state index in [1.807, 2.05) is 0 Å². The van der Waals surface area contributed by atoms with Crippen molar-refractivity contribution < 1.29 is 0 Å². The molecule has 4 rings (SSSR count). The minimum absolute atomic E-state index is 0.395. The Morgan fingerprint density at radius 2 is 1.90 bits per heavy atom. The highest BCUT2D eigenvalue weighted by molar-refractivity contribution is 5.77. The summed E-state index contributed by atoms with van der Waals surface area (Å²) in [6, 6.07) is 16.0. The van der Waals surface area contributed by atoms with Crippen LogP contribution in [0.3, 0.4) is 0 Å². The Morgan fingerprint density at radius 1 is 1.10 bits per heavy atom. The van der Waals surface area contributed by atoms with Gasteiger partial charge in [0.2, 0.25) is 0 Å². The van der Waals surface area contributed by atoms with E-state index in [0.29, 0.717) is 5.41 Å². The van der Waals surface area contributed by atoms with Crippen molar-refractivity contribution in [2.75, 3.05) is 13.1 Å². The first kappa shape index (κ1) is 13.1. The molecule has 0 saturated heterocycles. The Hall–Kier alpha value is -1.60. The second-order valence-corrected chi connectivity index (χ2v) is 6.83. The minimum atomic E-state index is 0.395. The molecule has 2 aromatic rings. The number of rotatable bonds is 4. The van der Waals surface area contributed by atoms with Gasteiger partial charge in [0.15, 0.2) is 0 Å². The topological polar surface area (TPSA) is 12.0 Å². The molecule has 1 saturated carbocycles. The molecule has 2 atom stereocenters. The fourth-order valence-corrected chi connectivity index (χ4v) is 3.92. The third kappa shape index (κ3) is 2.03. The average Bonchev–Trinajstić information content (AvgIpc) is 3.03. The fourth-order valence-electron chi connectivity index (χ4n) is 3.92. The van der Waals surface area contributed by atoms with E-state index in [2.05, 4.69) is 61.6 Å². The van der Waals surface area contributed by atoms with Crippen LogP contribution in [0.2, 0.25) is 0 Å². The molecule has 0 spiro atoms. The van der Waals surface area contributed by atoms with Gasteiger partial charge in [0.25, 0.3) is 0 Å². The SMILES string of the molecule is CCNCC1CC1(C)c1ccc2c(c1)Cc1ccccc1-2. The van der Waals surface area contributed by atoms with Gasteiger partial charge in [-0.15, -0.1) is 0 Å². The monoisotopic (exact) mass is 277 g/mol. The zero-order valence-corrected chi connectivity index (χ0v) is 12.9. The summed E-state index contributed by atoms with van der Waals surface area (Å²) in [5.41, 5.74) is 7.81. The van der Waals surface area contributed by atoms with Crippen LogP contribution < -0.4 is 5.32 Å². The fraction of sp³-hybridized carbons (Fsp3) is 0.400. The number of nitrogens with one attached hydrogen (secondary N) is 1. The quantitative estimate of drug-likeness (QED) is 0.755. The van der Waals surface area contributed by atoms with Crippen molar-refractivity contribution >= 4 is 0 Å². The summed E-state index contributed by atoms with van der Waals surface area (Å²) in [5, 5.41) is 3.50. The van der Waals surface area contributed by atoms with Crippen LogP contribution >= 0.6 is 0 Å². The van der Waals surface area contributed by atoms with Crippen molar-refractivity contribution in [2.24, 2.45) is 5.92 Å². The predicted octanol–water partition coefficient (Wildman–Crippen LogP) is 4.14. The lowest BCUT2D eigenvalue weighted by Crippen LogP contribution is -2.19. The molecule has 0 amide bonds. The maximum atomic E-state index is 3.50. The van der Waals surface area contributed by atoms with Gasteiger partial charge in [0, 0.05) is 0 Å². The van der Waals surface area contributed by atoms with Crippen molar-refractivity contribution in [3.05, 3.63) is 59.2 Å². The van der Waals surface area contributed by atoms with Crippen molar-refractivity contribution in [1.29, 1.82) is 0 Å². The molecule has 0 radical (unpaired) electrons. The van der Waals surface area contributed by atoms with E-state index in [4.69, 9.17) is 0 Å². The van der Waals surface area contributed by atoms with Gasteiger partial charge in [-0.2, -0.15) is 0 Å². The Morgan fingerprint density at radius 3 is 2.76 bits per heavy atom. The van der Waals surface area contributed by atoms with Gasteiger partial charge in [-0.1, -0.05) is 56.3 Å². The van der Waals surface area contributed by atoms with E-state index in [9.17, 15) is 0 Å². The Balaban J connectivity index is 1.63. The smallest absolute Gasteiger partial charge is 0.00119 e. The van der Waals surface area contributed by atoms with Crippen LogP contribution in [-0.2, 0) is 11.8 Å². The van der Waals surface area contributed by atoms with Crippen LogP contribution in [0.1, 0.15) is 37.0 Å². The molecule has 0 aromatic heterocycles. The number of hydrogen-bond acceptors (Lipinski definition) is 1. The maximum Gasteiger partial charge on any atom is -0.00119 e. The zero-order valence-electron chi connectivity index (χ0n) is 12.9. The highest BCUT2D eigenvalue weighted by Crippen LogP contribution is 2.54. The van der Waals surface area contributed by atoms with Crippen molar-refractivity contribution in [1.82, 2.24) is 5.32 Å². The molecule has 0 heterocycles. The summed E-state index contributed by atoms with van der Waals surface area (Å²) in [7, 11) is 0. The Bertz CT molecular complexity index is 688. The molecule has 2 aromatic carbocycles. The van der Waals surface area contributed by atoms with Gasteiger partial charge in [0.05, 0.1) is 0 Å². The van der Waals surface area contributed by atoms with Gasteiger partial charge in [-0.25, -0.2) is 0 Å². The standard InChI is InChI=1S/C20H23N/c1-3-21-13-17-12-20(17,2)16-8-9-19-15(11-16)10-14-6-4-5-7-18(14)19/h4-9,11,17,21H,3,10,12-13H2,1-2H3. The van der Waals surface area contributed by atoms with Crippen LogP contribution in [0.5, 0.6) is 0 Å². The molecule has 108 valence electrons. The summed E-state index contributed by atoms with van der Waals surface area (Å²) < 4.78 is 0. The molecule has 2 aliphatic rings. The molecule has 21 heavy (non-hydrogen) atoms.